The highest BCUT2D eigenvalue weighted by Gasteiger charge is 2.23. The Morgan fingerprint density at radius 1 is 1.32 bits per heavy atom. The van der Waals surface area contributed by atoms with Crippen molar-refractivity contribution < 1.29 is 4.79 Å². The zero-order valence-corrected chi connectivity index (χ0v) is 12.4. The van der Waals surface area contributed by atoms with Gasteiger partial charge in [-0.05, 0) is 37.7 Å². The number of piperazine rings is 1. The number of benzene rings is 1. The van der Waals surface area contributed by atoms with Gasteiger partial charge in [-0.1, -0.05) is 18.5 Å². The van der Waals surface area contributed by atoms with E-state index in [-0.39, 0.29) is 5.78 Å². The zero-order chi connectivity index (χ0) is 13.8. The van der Waals surface area contributed by atoms with Crippen molar-refractivity contribution in [2.24, 2.45) is 0 Å². The molecule has 1 saturated heterocycles. The highest BCUT2D eigenvalue weighted by Crippen LogP contribution is 2.13. The first-order chi connectivity index (χ1) is 9.10. The van der Waals surface area contributed by atoms with Gasteiger partial charge in [-0.15, -0.1) is 0 Å². The number of halogens is 1. The second-order valence-corrected chi connectivity index (χ2v) is 5.58. The molecule has 0 radical (unpaired) electrons. The van der Waals surface area contributed by atoms with Crippen LogP contribution in [0.15, 0.2) is 24.3 Å². The van der Waals surface area contributed by atoms with Crippen LogP contribution in [0.1, 0.15) is 24.2 Å². The molecular weight excluding hydrogens is 260 g/mol. The number of hydrogen-bond donors (Lipinski definition) is 0. The largest absolute Gasteiger partial charge is 0.298 e. The number of likely N-dealkylation sites (N-methyl/N-ethyl adjacent to an activating group) is 1. The van der Waals surface area contributed by atoms with E-state index in [1.807, 2.05) is 0 Å². The summed E-state index contributed by atoms with van der Waals surface area (Å²) in [6.45, 7) is 8.98. The maximum absolute atomic E-state index is 12.2. The highest BCUT2D eigenvalue weighted by atomic mass is 35.5. The van der Waals surface area contributed by atoms with Crippen molar-refractivity contribution in [3.05, 3.63) is 34.9 Å². The van der Waals surface area contributed by atoms with Gasteiger partial charge in [-0.2, -0.15) is 0 Å². The van der Waals surface area contributed by atoms with Crippen molar-refractivity contribution >= 4 is 17.4 Å². The van der Waals surface area contributed by atoms with Crippen LogP contribution in [0.2, 0.25) is 5.02 Å². The van der Waals surface area contributed by atoms with Gasteiger partial charge in [-0.3, -0.25) is 14.6 Å². The van der Waals surface area contributed by atoms with Crippen molar-refractivity contribution in [1.29, 1.82) is 0 Å². The van der Waals surface area contributed by atoms with Gasteiger partial charge in [0.1, 0.15) is 0 Å². The molecule has 0 bridgehead atoms. The molecule has 0 saturated carbocycles. The lowest BCUT2D eigenvalue weighted by Crippen LogP contribution is -2.52. The molecule has 1 aliphatic rings. The highest BCUT2D eigenvalue weighted by molar-refractivity contribution is 6.30. The maximum Gasteiger partial charge on any atom is 0.176 e. The van der Waals surface area contributed by atoms with Gasteiger partial charge in [0.25, 0.3) is 0 Å². The minimum atomic E-state index is 0.175. The lowest BCUT2D eigenvalue weighted by Gasteiger charge is -2.39. The summed E-state index contributed by atoms with van der Waals surface area (Å²) in [5.41, 5.74) is 0.745. The first-order valence-electron chi connectivity index (χ1n) is 6.85. The standard InChI is InChI=1S/C15H21ClN2O/c1-3-18-9-8-17(10-12(18)2)11-15(19)13-4-6-14(16)7-5-13/h4-7,12H,3,8-11H2,1-2H3. The average Bonchev–Trinajstić information content (AvgIpc) is 2.39. The van der Waals surface area contributed by atoms with E-state index >= 15 is 0 Å². The molecule has 3 nitrogen and oxygen atoms in total. The molecule has 1 aromatic rings. The van der Waals surface area contributed by atoms with Crippen molar-refractivity contribution in [1.82, 2.24) is 9.80 Å². The van der Waals surface area contributed by atoms with Gasteiger partial charge in [0.05, 0.1) is 6.54 Å². The smallest absolute Gasteiger partial charge is 0.176 e. The third-order valence-corrected chi connectivity index (χ3v) is 4.04. The number of carbonyl (C=O) groups excluding carboxylic acids is 1. The Kier molecular flexibility index (Phi) is 4.97. The molecule has 1 heterocycles. The molecule has 104 valence electrons. The summed E-state index contributed by atoms with van der Waals surface area (Å²) in [6, 6.07) is 7.67. The predicted octanol–water partition coefficient (Wildman–Crippen LogP) is 2.55. The number of rotatable bonds is 4. The first-order valence-corrected chi connectivity index (χ1v) is 7.23. The Morgan fingerprint density at radius 2 is 2.00 bits per heavy atom. The predicted molar refractivity (Wildman–Crippen MR) is 78.9 cm³/mol. The maximum atomic E-state index is 12.2. The van der Waals surface area contributed by atoms with E-state index in [4.69, 9.17) is 11.6 Å². The molecule has 1 aliphatic heterocycles. The molecule has 0 spiro atoms. The van der Waals surface area contributed by atoms with E-state index in [1.165, 1.54) is 0 Å². The van der Waals surface area contributed by atoms with Crippen LogP contribution >= 0.6 is 11.6 Å². The number of nitrogens with zero attached hydrogens (tertiary/aromatic N) is 2. The van der Waals surface area contributed by atoms with E-state index in [2.05, 4.69) is 23.6 Å². The van der Waals surface area contributed by atoms with Crippen molar-refractivity contribution in [3.63, 3.8) is 0 Å². The summed E-state index contributed by atoms with van der Waals surface area (Å²) in [7, 11) is 0. The summed E-state index contributed by atoms with van der Waals surface area (Å²) in [4.78, 5) is 16.9. The van der Waals surface area contributed by atoms with Gasteiger partial charge >= 0.3 is 0 Å². The van der Waals surface area contributed by atoms with Crippen LogP contribution in [0.4, 0.5) is 0 Å². The van der Waals surface area contributed by atoms with E-state index in [1.54, 1.807) is 24.3 Å². The molecule has 19 heavy (non-hydrogen) atoms. The van der Waals surface area contributed by atoms with Crippen molar-refractivity contribution in [2.45, 2.75) is 19.9 Å². The lowest BCUT2D eigenvalue weighted by atomic mass is 10.1. The molecule has 1 atom stereocenters. The second kappa shape index (κ2) is 6.51. The van der Waals surface area contributed by atoms with Crippen LogP contribution in [0.3, 0.4) is 0 Å². The monoisotopic (exact) mass is 280 g/mol. The van der Waals surface area contributed by atoms with Crippen LogP contribution in [-0.2, 0) is 0 Å². The zero-order valence-electron chi connectivity index (χ0n) is 11.6. The molecule has 4 heteroatoms. The minimum absolute atomic E-state index is 0.175. The summed E-state index contributed by atoms with van der Waals surface area (Å²) in [5.74, 6) is 0.175. The normalized spacial score (nSPS) is 21.5. The summed E-state index contributed by atoms with van der Waals surface area (Å²) < 4.78 is 0. The Morgan fingerprint density at radius 3 is 2.58 bits per heavy atom. The quantitative estimate of drug-likeness (QED) is 0.792. The van der Waals surface area contributed by atoms with Crippen LogP contribution in [0, 0.1) is 0 Å². The fourth-order valence-corrected chi connectivity index (χ4v) is 2.74. The number of hydrogen-bond acceptors (Lipinski definition) is 3. The van der Waals surface area contributed by atoms with Crippen molar-refractivity contribution in [3.8, 4) is 0 Å². The Hall–Kier alpha value is -0.900. The Labute approximate surface area is 120 Å². The average molecular weight is 281 g/mol. The van der Waals surface area contributed by atoms with E-state index in [0.29, 0.717) is 17.6 Å². The van der Waals surface area contributed by atoms with Crippen LogP contribution in [0.25, 0.3) is 0 Å². The number of Topliss-reactive ketones (excluding diaryl/α,β-unsaturated/α-hetero) is 1. The van der Waals surface area contributed by atoms with Gasteiger partial charge in [0, 0.05) is 36.3 Å². The minimum Gasteiger partial charge on any atom is -0.298 e. The van der Waals surface area contributed by atoms with Crippen LogP contribution in [-0.4, -0.2) is 54.3 Å². The SMILES string of the molecule is CCN1CCN(CC(=O)c2ccc(Cl)cc2)CC1C. The summed E-state index contributed by atoms with van der Waals surface area (Å²) in [6.07, 6.45) is 0. The van der Waals surface area contributed by atoms with E-state index < -0.39 is 0 Å². The molecule has 0 N–H and O–H groups in total. The number of carbonyl (C=O) groups is 1. The fourth-order valence-electron chi connectivity index (χ4n) is 2.61. The van der Waals surface area contributed by atoms with Crippen molar-refractivity contribution in [2.75, 3.05) is 32.7 Å². The first kappa shape index (κ1) is 14.5. The topological polar surface area (TPSA) is 23.6 Å². The molecular formula is C15H21ClN2O. The molecule has 0 amide bonds. The number of ketones is 1. The molecule has 1 unspecified atom stereocenters. The third-order valence-electron chi connectivity index (χ3n) is 3.79. The molecule has 1 aromatic carbocycles. The molecule has 0 aliphatic carbocycles. The molecule has 1 fully saturated rings. The van der Waals surface area contributed by atoms with E-state index in [0.717, 1.165) is 31.7 Å². The molecule has 2 rings (SSSR count). The molecule has 0 aromatic heterocycles. The Bertz CT molecular complexity index is 432. The fraction of sp³-hybridized carbons (Fsp3) is 0.533. The lowest BCUT2D eigenvalue weighted by molar-refractivity contribution is 0.0723. The van der Waals surface area contributed by atoms with Crippen LogP contribution < -0.4 is 0 Å². The summed E-state index contributed by atoms with van der Waals surface area (Å²) in [5, 5.41) is 0.668. The third kappa shape index (κ3) is 3.78. The van der Waals surface area contributed by atoms with E-state index in [9.17, 15) is 4.79 Å². The van der Waals surface area contributed by atoms with Gasteiger partial charge in [0.2, 0.25) is 0 Å². The van der Waals surface area contributed by atoms with Crippen LogP contribution in [0.5, 0.6) is 0 Å². The second-order valence-electron chi connectivity index (χ2n) is 5.14. The van der Waals surface area contributed by atoms with Gasteiger partial charge < -0.3 is 0 Å². The summed E-state index contributed by atoms with van der Waals surface area (Å²) >= 11 is 5.83. The van der Waals surface area contributed by atoms with Gasteiger partial charge in [-0.25, -0.2) is 0 Å². The Balaban J connectivity index is 1.91. The van der Waals surface area contributed by atoms with Gasteiger partial charge in [0.15, 0.2) is 5.78 Å².